The van der Waals surface area contributed by atoms with Gasteiger partial charge in [-0.15, -0.1) is 0 Å². The van der Waals surface area contributed by atoms with Crippen molar-refractivity contribution < 1.29 is 9.53 Å². The van der Waals surface area contributed by atoms with E-state index in [0.29, 0.717) is 19.4 Å². The summed E-state index contributed by atoms with van der Waals surface area (Å²) in [4.78, 5) is 12.1. The Morgan fingerprint density at radius 2 is 1.62 bits per heavy atom. The minimum absolute atomic E-state index is 0.00435. The molecule has 26 heavy (non-hydrogen) atoms. The highest BCUT2D eigenvalue weighted by molar-refractivity contribution is 9.10. The van der Waals surface area contributed by atoms with Gasteiger partial charge in [-0.1, -0.05) is 64.5 Å². The molecule has 0 spiro atoms. The summed E-state index contributed by atoms with van der Waals surface area (Å²) in [6.07, 6.45) is 1.09. The maximum atomic E-state index is 12.1. The van der Waals surface area contributed by atoms with E-state index in [0.717, 1.165) is 27.0 Å². The van der Waals surface area contributed by atoms with E-state index in [4.69, 9.17) is 4.74 Å². The number of carbonyl (C=O) groups excluding carboxylic acids is 1. The second-order valence-corrected chi connectivity index (χ2v) is 6.82. The van der Waals surface area contributed by atoms with Crippen LogP contribution >= 0.6 is 15.9 Å². The number of hydrogen-bond acceptors (Lipinski definition) is 2. The van der Waals surface area contributed by atoms with E-state index in [1.165, 1.54) is 0 Å². The average Bonchev–Trinajstić information content (AvgIpc) is 2.67. The molecule has 3 rings (SSSR count). The highest BCUT2D eigenvalue weighted by Crippen LogP contribution is 2.21. The molecule has 0 unspecified atom stereocenters. The van der Waals surface area contributed by atoms with E-state index in [-0.39, 0.29) is 5.91 Å². The van der Waals surface area contributed by atoms with Crippen molar-refractivity contribution >= 4 is 27.5 Å². The summed E-state index contributed by atoms with van der Waals surface area (Å²) in [5, 5.41) is 2.93. The van der Waals surface area contributed by atoms with Crippen molar-refractivity contribution in [3.8, 4) is 16.9 Å². The van der Waals surface area contributed by atoms with Gasteiger partial charge in [0.25, 0.3) is 0 Å². The molecule has 0 saturated heterocycles. The van der Waals surface area contributed by atoms with Crippen LogP contribution in [0, 0.1) is 0 Å². The SMILES string of the molecule is O=C(CCCOc1cccc(Br)c1)Nc1ccc(-c2ccccc2)cc1. The van der Waals surface area contributed by atoms with Crippen LogP contribution in [-0.4, -0.2) is 12.5 Å². The Morgan fingerprint density at radius 1 is 0.885 bits per heavy atom. The summed E-state index contributed by atoms with van der Waals surface area (Å²) in [5.74, 6) is 0.798. The van der Waals surface area contributed by atoms with E-state index in [2.05, 4.69) is 33.4 Å². The molecule has 0 atom stereocenters. The van der Waals surface area contributed by atoms with Gasteiger partial charge in [0, 0.05) is 16.6 Å². The fourth-order valence-corrected chi connectivity index (χ4v) is 2.96. The topological polar surface area (TPSA) is 38.3 Å². The van der Waals surface area contributed by atoms with Crippen molar-refractivity contribution in [1.82, 2.24) is 0 Å². The number of halogens is 1. The first-order chi connectivity index (χ1) is 12.7. The van der Waals surface area contributed by atoms with Gasteiger partial charge in [0.1, 0.15) is 5.75 Å². The van der Waals surface area contributed by atoms with E-state index >= 15 is 0 Å². The maximum absolute atomic E-state index is 12.1. The summed E-state index contributed by atoms with van der Waals surface area (Å²) < 4.78 is 6.62. The fraction of sp³-hybridized carbons (Fsp3) is 0.136. The molecule has 0 aliphatic rings. The third kappa shape index (κ3) is 5.46. The number of amides is 1. The highest BCUT2D eigenvalue weighted by Gasteiger charge is 2.04. The van der Waals surface area contributed by atoms with Crippen LogP contribution in [0.3, 0.4) is 0 Å². The Balaban J connectivity index is 1.43. The first-order valence-corrected chi connectivity index (χ1v) is 9.34. The van der Waals surface area contributed by atoms with Crippen LogP contribution in [0.5, 0.6) is 5.75 Å². The van der Waals surface area contributed by atoms with Crippen molar-refractivity contribution in [3.05, 3.63) is 83.3 Å². The molecule has 0 fully saturated rings. The van der Waals surface area contributed by atoms with Gasteiger partial charge in [0.05, 0.1) is 6.61 Å². The van der Waals surface area contributed by atoms with Gasteiger partial charge >= 0.3 is 0 Å². The molecular weight excluding hydrogens is 390 g/mol. The lowest BCUT2D eigenvalue weighted by Crippen LogP contribution is -2.12. The van der Waals surface area contributed by atoms with Gasteiger partial charge in [0.15, 0.2) is 0 Å². The minimum atomic E-state index is -0.00435. The zero-order valence-corrected chi connectivity index (χ0v) is 15.9. The van der Waals surface area contributed by atoms with Gasteiger partial charge in [-0.3, -0.25) is 4.79 Å². The predicted octanol–water partition coefficient (Wildman–Crippen LogP) is 5.91. The summed E-state index contributed by atoms with van der Waals surface area (Å²) >= 11 is 3.41. The molecule has 0 aromatic heterocycles. The van der Waals surface area contributed by atoms with Crippen molar-refractivity contribution in [2.75, 3.05) is 11.9 Å². The molecule has 0 radical (unpaired) electrons. The molecule has 3 aromatic carbocycles. The van der Waals surface area contributed by atoms with Gasteiger partial charge in [-0.2, -0.15) is 0 Å². The lowest BCUT2D eigenvalue weighted by molar-refractivity contribution is -0.116. The highest BCUT2D eigenvalue weighted by atomic mass is 79.9. The lowest BCUT2D eigenvalue weighted by atomic mass is 10.1. The molecule has 0 saturated carbocycles. The lowest BCUT2D eigenvalue weighted by Gasteiger charge is -2.08. The Labute approximate surface area is 162 Å². The monoisotopic (exact) mass is 409 g/mol. The zero-order valence-electron chi connectivity index (χ0n) is 14.3. The van der Waals surface area contributed by atoms with E-state index in [1.54, 1.807) is 0 Å². The smallest absolute Gasteiger partial charge is 0.224 e. The fourth-order valence-electron chi connectivity index (χ4n) is 2.58. The van der Waals surface area contributed by atoms with Gasteiger partial charge in [-0.05, 0) is 47.9 Å². The molecule has 3 aromatic rings. The number of carbonyl (C=O) groups is 1. The largest absolute Gasteiger partial charge is 0.494 e. The van der Waals surface area contributed by atoms with Crippen molar-refractivity contribution in [3.63, 3.8) is 0 Å². The standard InChI is InChI=1S/C22H20BrNO2/c23-19-8-4-9-21(16-19)26-15-5-10-22(25)24-20-13-11-18(12-14-20)17-6-2-1-3-7-17/h1-4,6-9,11-14,16H,5,10,15H2,(H,24,25). The summed E-state index contributed by atoms with van der Waals surface area (Å²) in [7, 11) is 0. The van der Waals surface area contributed by atoms with E-state index in [1.807, 2.05) is 66.7 Å². The third-order valence-electron chi connectivity index (χ3n) is 3.89. The zero-order chi connectivity index (χ0) is 18.2. The number of anilines is 1. The van der Waals surface area contributed by atoms with Crippen LogP contribution in [0.25, 0.3) is 11.1 Å². The number of rotatable bonds is 7. The average molecular weight is 410 g/mol. The molecule has 0 aliphatic heterocycles. The first kappa shape index (κ1) is 18.2. The molecule has 1 N–H and O–H groups in total. The molecule has 0 heterocycles. The van der Waals surface area contributed by atoms with Crippen molar-refractivity contribution in [2.45, 2.75) is 12.8 Å². The van der Waals surface area contributed by atoms with Crippen LogP contribution in [0.1, 0.15) is 12.8 Å². The van der Waals surface area contributed by atoms with Crippen LogP contribution in [0.15, 0.2) is 83.3 Å². The summed E-state index contributed by atoms with van der Waals surface area (Å²) in [6, 6.07) is 25.7. The summed E-state index contributed by atoms with van der Waals surface area (Å²) in [5.41, 5.74) is 3.10. The van der Waals surface area contributed by atoms with Crippen molar-refractivity contribution in [2.24, 2.45) is 0 Å². The molecule has 3 nitrogen and oxygen atoms in total. The first-order valence-electron chi connectivity index (χ1n) is 8.54. The normalized spacial score (nSPS) is 10.3. The molecule has 0 aliphatic carbocycles. The Kier molecular flexibility index (Phi) is 6.45. The number of hydrogen-bond donors (Lipinski definition) is 1. The Hall–Kier alpha value is -2.59. The second kappa shape index (κ2) is 9.20. The Bertz CT molecular complexity index is 848. The van der Waals surface area contributed by atoms with Gasteiger partial charge in [-0.25, -0.2) is 0 Å². The minimum Gasteiger partial charge on any atom is -0.494 e. The van der Waals surface area contributed by atoms with Gasteiger partial charge in [0.2, 0.25) is 5.91 Å². The quantitative estimate of drug-likeness (QED) is 0.492. The predicted molar refractivity (Wildman–Crippen MR) is 109 cm³/mol. The van der Waals surface area contributed by atoms with Crippen LogP contribution < -0.4 is 10.1 Å². The second-order valence-electron chi connectivity index (χ2n) is 5.90. The van der Waals surface area contributed by atoms with E-state index in [9.17, 15) is 4.79 Å². The van der Waals surface area contributed by atoms with Crippen LogP contribution in [0.4, 0.5) is 5.69 Å². The van der Waals surface area contributed by atoms with Crippen LogP contribution in [-0.2, 0) is 4.79 Å². The summed E-state index contributed by atoms with van der Waals surface area (Å²) in [6.45, 7) is 0.511. The van der Waals surface area contributed by atoms with Gasteiger partial charge < -0.3 is 10.1 Å². The number of nitrogens with one attached hydrogen (secondary N) is 1. The molecule has 0 bridgehead atoms. The van der Waals surface area contributed by atoms with E-state index < -0.39 is 0 Å². The Morgan fingerprint density at radius 3 is 2.35 bits per heavy atom. The number of ether oxygens (including phenoxy) is 1. The molecule has 1 amide bonds. The maximum Gasteiger partial charge on any atom is 0.224 e. The third-order valence-corrected chi connectivity index (χ3v) is 4.38. The molecule has 132 valence electrons. The molecular formula is C22H20BrNO2. The van der Waals surface area contributed by atoms with Crippen LogP contribution in [0.2, 0.25) is 0 Å². The number of benzene rings is 3. The van der Waals surface area contributed by atoms with Crippen molar-refractivity contribution in [1.29, 1.82) is 0 Å². The molecule has 4 heteroatoms.